The van der Waals surface area contributed by atoms with Gasteiger partial charge < -0.3 is 0 Å². The van der Waals surface area contributed by atoms with Crippen molar-refractivity contribution >= 4 is 29.2 Å². The highest BCUT2D eigenvalue weighted by atomic mass is 35.5. The minimum absolute atomic E-state index is 0.699. The van der Waals surface area contributed by atoms with E-state index in [0.29, 0.717) is 5.02 Å². The average molecular weight is 156 g/mol. The molecule has 1 aromatic rings. The summed E-state index contributed by atoms with van der Waals surface area (Å²) in [6, 6.07) is 8.21. The van der Waals surface area contributed by atoms with E-state index in [1.807, 2.05) is 0 Å². The highest BCUT2D eigenvalue weighted by molar-refractivity contribution is 7.79. The van der Waals surface area contributed by atoms with Crippen LogP contribution in [0.15, 0.2) is 18.2 Å². The van der Waals surface area contributed by atoms with E-state index in [2.05, 4.69) is 18.3 Å². The largest absolute Gasteiger partial charge is 0.0881 e. The third-order valence-electron chi connectivity index (χ3n) is 0.913. The summed E-state index contributed by atoms with van der Waals surface area (Å²) in [4.78, 5) is 0. The van der Waals surface area contributed by atoms with Crippen LogP contribution in [-0.2, 0) is 0 Å². The molecule has 0 saturated carbocycles. The first kappa shape index (κ1) is 6.72. The first-order valence-electron chi connectivity index (χ1n) is 2.45. The number of hydrogen-bond donors (Lipinski definition) is 0. The zero-order valence-corrected chi connectivity index (χ0v) is 6.17. The fourth-order valence-electron chi connectivity index (χ4n) is 0.524. The maximum atomic E-state index is 5.64. The summed E-state index contributed by atoms with van der Waals surface area (Å²) in [5.41, 5.74) is 0.859. The Balaban J connectivity index is 3.07. The molecule has 0 spiro atoms. The van der Waals surface area contributed by atoms with Crippen molar-refractivity contribution in [1.29, 1.82) is 0 Å². The van der Waals surface area contributed by atoms with Gasteiger partial charge >= 0.3 is 0 Å². The maximum absolute atomic E-state index is 5.64. The summed E-state index contributed by atoms with van der Waals surface area (Å²) in [5, 5.41) is 2.25. The van der Waals surface area contributed by atoms with E-state index in [1.54, 1.807) is 23.6 Å². The quantitative estimate of drug-likeness (QED) is 0.562. The molecule has 0 fully saturated rings. The van der Waals surface area contributed by atoms with E-state index in [4.69, 9.17) is 11.6 Å². The van der Waals surface area contributed by atoms with Crippen LogP contribution in [0.5, 0.6) is 0 Å². The second-order valence-electron chi connectivity index (χ2n) is 1.58. The average Bonchev–Trinajstić information content (AvgIpc) is 1.88. The Bertz CT molecular complexity index is 220. The molecule has 0 aliphatic rings. The van der Waals surface area contributed by atoms with E-state index < -0.39 is 0 Å². The summed E-state index contributed by atoms with van der Waals surface area (Å²) in [6.45, 7) is 0. The normalized spacial score (nSPS) is 9.00. The lowest BCUT2D eigenvalue weighted by Gasteiger charge is -1.88. The van der Waals surface area contributed by atoms with Crippen molar-refractivity contribution < 1.29 is 0 Å². The summed E-state index contributed by atoms with van der Waals surface area (Å²) in [7, 11) is 0. The van der Waals surface area contributed by atoms with Gasteiger partial charge in [0, 0.05) is 10.4 Å². The van der Waals surface area contributed by atoms with Crippen LogP contribution in [0.2, 0.25) is 5.02 Å². The van der Waals surface area contributed by atoms with E-state index in [0.717, 1.165) is 5.56 Å². The molecule has 0 aliphatic carbocycles. The smallest absolute Gasteiger partial charge is 0.0412 e. The molecular formula is C7H4ClS. The fraction of sp³-hybridized carbons (Fsp3) is 0. The van der Waals surface area contributed by atoms with Gasteiger partial charge in [-0.3, -0.25) is 0 Å². The standard InChI is InChI=1S/C7H4ClS/c8-7-3-1-2-6(4-7)5-9/h1,3-5H. The molecule has 0 atom stereocenters. The second-order valence-corrected chi connectivity index (χ2v) is 2.25. The van der Waals surface area contributed by atoms with Crippen molar-refractivity contribution in [2.24, 2.45) is 0 Å². The Hall–Kier alpha value is -0.400. The predicted octanol–water partition coefficient (Wildman–Crippen LogP) is 2.49. The number of halogens is 1. The van der Waals surface area contributed by atoms with Gasteiger partial charge in [0.25, 0.3) is 0 Å². The van der Waals surface area contributed by atoms with Crippen molar-refractivity contribution in [1.82, 2.24) is 0 Å². The van der Waals surface area contributed by atoms with Gasteiger partial charge in [-0.15, -0.1) is 0 Å². The molecule has 45 valence electrons. The molecule has 0 amide bonds. The van der Waals surface area contributed by atoms with Crippen LogP contribution >= 0.6 is 23.8 Å². The van der Waals surface area contributed by atoms with Gasteiger partial charge in [-0.05, 0) is 23.8 Å². The number of benzene rings is 1. The minimum Gasteiger partial charge on any atom is -0.0881 e. The molecule has 0 aliphatic heterocycles. The van der Waals surface area contributed by atoms with Crippen molar-refractivity contribution in [2.75, 3.05) is 0 Å². The monoisotopic (exact) mass is 155 g/mol. The maximum Gasteiger partial charge on any atom is 0.0412 e. The van der Waals surface area contributed by atoms with Gasteiger partial charge in [-0.25, -0.2) is 0 Å². The molecule has 0 unspecified atom stereocenters. The van der Waals surface area contributed by atoms with Crippen molar-refractivity contribution in [3.63, 3.8) is 0 Å². The van der Waals surface area contributed by atoms with Crippen LogP contribution in [-0.4, -0.2) is 5.37 Å². The lowest BCUT2D eigenvalue weighted by Crippen LogP contribution is -1.75. The molecule has 9 heavy (non-hydrogen) atoms. The van der Waals surface area contributed by atoms with Gasteiger partial charge in [0.1, 0.15) is 0 Å². The van der Waals surface area contributed by atoms with Crippen LogP contribution in [0, 0.1) is 6.07 Å². The number of rotatable bonds is 1. The lowest BCUT2D eigenvalue weighted by molar-refractivity contribution is 1.67. The summed E-state index contributed by atoms with van der Waals surface area (Å²) < 4.78 is 0. The highest BCUT2D eigenvalue weighted by Crippen LogP contribution is 2.07. The predicted molar refractivity (Wildman–Crippen MR) is 43.0 cm³/mol. The van der Waals surface area contributed by atoms with Crippen LogP contribution in [0.1, 0.15) is 5.56 Å². The summed E-state index contributed by atoms with van der Waals surface area (Å²) in [5.74, 6) is 0. The molecule has 0 N–H and O–H groups in total. The Kier molecular flexibility index (Phi) is 2.20. The molecule has 2 heteroatoms. The van der Waals surface area contributed by atoms with Crippen LogP contribution in [0.3, 0.4) is 0 Å². The number of hydrogen-bond acceptors (Lipinski definition) is 1. The first-order chi connectivity index (χ1) is 4.33. The number of thiocarbonyl (C=S) groups is 1. The molecule has 1 radical (unpaired) electrons. The zero-order chi connectivity index (χ0) is 6.69. The van der Waals surface area contributed by atoms with E-state index in [1.165, 1.54) is 0 Å². The van der Waals surface area contributed by atoms with Crippen molar-refractivity contribution in [2.45, 2.75) is 0 Å². The summed E-state index contributed by atoms with van der Waals surface area (Å²) in [6.07, 6.45) is 0. The van der Waals surface area contributed by atoms with Crippen molar-refractivity contribution in [3.05, 3.63) is 34.9 Å². The Morgan fingerprint density at radius 1 is 1.67 bits per heavy atom. The summed E-state index contributed by atoms with van der Waals surface area (Å²) >= 11 is 10.3. The van der Waals surface area contributed by atoms with Gasteiger partial charge in [-0.2, -0.15) is 0 Å². The third kappa shape index (κ3) is 1.77. The van der Waals surface area contributed by atoms with Gasteiger partial charge in [0.15, 0.2) is 0 Å². The molecule has 0 saturated heterocycles. The molecule has 1 aromatic carbocycles. The molecule has 0 heterocycles. The Morgan fingerprint density at radius 2 is 2.44 bits per heavy atom. The van der Waals surface area contributed by atoms with Crippen molar-refractivity contribution in [3.8, 4) is 0 Å². The molecule has 0 aromatic heterocycles. The zero-order valence-electron chi connectivity index (χ0n) is 4.60. The Labute approximate surface area is 64.5 Å². The van der Waals surface area contributed by atoms with E-state index >= 15 is 0 Å². The van der Waals surface area contributed by atoms with Gasteiger partial charge in [0.2, 0.25) is 0 Å². The van der Waals surface area contributed by atoms with Crippen LogP contribution < -0.4 is 0 Å². The highest BCUT2D eigenvalue weighted by Gasteiger charge is 1.86. The third-order valence-corrected chi connectivity index (χ3v) is 1.40. The minimum atomic E-state index is 0.699. The van der Waals surface area contributed by atoms with Gasteiger partial charge in [0.05, 0.1) is 0 Å². The first-order valence-corrected chi connectivity index (χ1v) is 3.30. The topological polar surface area (TPSA) is 0 Å². The molecule has 1 rings (SSSR count). The second kappa shape index (κ2) is 2.95. The molecule has 0 nitrogen and oxygen atoms in total. The van der Waals surface area contributed by atoms with Crippen LogP contribution in [0.25, 0.3) is 0 Å². The van der Waals surface area contributed by atoms with Crippen LogP contribution in [0.4, 0.5) is 0 Å². The van der Waals surface area contributed by atoms with E-state index in [9.17, 15) is 0 Å². The molecule has 0 bridgehead atoms. The van der Waals surface area contributed by atoms with E-state index in [-0.39, 0.29) is 0 Å². The SMILES string of the molecule is S=Cc1[c]ccc(Cl)c1. The fourth-order valence-corrected chi connectivity index (χ4v) is 0.841. The van der Waals surface area contributed by atoms with Gasteiger partial charge in [-0.1, -0.05) is 29.9 Å². The Morgan fingerprint density at radius 3 is 2.89 bits per heavy atom. The molecular weight excluding hydrogens is 152 g/mol. The lowest BCUT2D eigenvalue weighted by atomic mass is 10.2.